The van der Waals surface area contributed by atoms with Gasteiger partial charge in [0, 0.05) is 20.3 Å². The van der Waals surface area contributed by atoms with Gasteiger partial charge in [0.15, 0.2) is 0 Å². The number of hydrogen-bond donors (Lipinski definition) is 0. The molecule has 0 saturated carbocycles. The summed E-state index contributed by atoms with van der Waals surface area (Å²) in [7, 11) is 0. The molecular weight excluding hydrogens is 629 g/mol. The number of furan rings is 1. The van der Waals surface area contributed by atoms with E-state index in [1.54, 1.807) is 0 Å². The average Bonchev–Trinajstić information content (AvgIpc) is 2.04. The zero-order chi connectivity index (χ0) is 61.4. The first-order chi connectivity index (χ1) is 38.5. The van der Waals surface area contributed by atoms with Crippen molar-refractivity contribution in [2.45, 2.75) is 19.2 Å². The maximum atomic E-state index is 10.2. The van der Waals surface area contributed by atoms with Crippen LogP contribution in [0.1, 0.15) is 67.4 Å². The molecule has 244 valence electrons. The van der Waals surface area contributed by atoms with Crippen molar-refractivity contribution < 1.29 is 46.9 Å². The molecule has 9 aromatic carbocycles. The Bertz CT molecular complexity index is 4710. The summed E-state index contributed by atoms with van der Waals surface area (Å²) in [5.41, 5.74) is -11.7. The predicted octanol–water partition coefficient (Wildman–Crippen LogP) is 14.4. The van der Waals surface area contributed by atoms with Crippen LogP contribution in [0, 0.1) is 0 Å². The van der Waals surface area contributed by atoms with Crippen LogP contribution >= 0.6 is 0 Å². The first kappa shape index (κ1) is 12.1. The van der Waals surface area contributed by atoms with Crippen molar-refractivity contribution in [3.63, 3.8) is 0 Å². The number of fused-ring (bicyclic) bond motifs is 9. The average molecular weight is 694 g/mol. The SMILES string of the molecule is [2H]c1c([2H])c([2H])c(-c2c([2H])c([2H])c3c(c2[2H])C(C)(C([2H])([2H])[2H])c2c([2H])c(-c4c5c([2H])c([2H])c([2H])c([2H])c5c(-c5c([2H])c([2H])c([2H])c6oc7c([2H])c8c([2H])c([2H])c([2H])c([2H])c8c([2H])c7c56)c5c([2H])c([2H])c([2H])c([2H])c45)c([2H])c([2H])c2-3)c([2H])c1[2H]. The lowest BCUT2D eigenvalue weighted by Gasteiger charge is -2.23. The smallest absolute Gasteiger partial charge is 0.136 e. The van der Waals surface area contributed by atoms with Gasteiger partial charge in [-0.15, -0.1) is 0 Å². The molecule has 0 amide bonds. The van der Waals surface area contributed by atoms with Gasteiger partial charge >= 0.3 is 0 Å². The highest BCUT2D eigenvalue weighted by Crippen LogP contribution is 2.52. The molecule has 52 heavy (non-hydrogen) atoms. The fraction of sp³-hybridized carbons (Fsp3) is 0.0588. The van der Waals surface area contributed by atoms with Gasteiger partial charge in [0.1, 0.15) is 11.2 Å². The van der Waals surface area contributed by atoms with Crippen LogP contribution in [0.5, 0.6) is 0 Å². The molecule has 0 aliphatic heterocycles. The van der Waals surface area contributed by atoms with Gasteiger partial charge in [0.2, 0.25) is 0 Å². The summed E-state index contributed by atoms with van der Waals surface area (Å²) in [6.45, 7) is -2.52. The van der Waals surface area contributed by atoms with Crippen LogP contribution in [0.25, 0.3) is 98.8 Å². The third-order valence-corrected chi connectivity index (χ3v) is 9.20. The summed E-state index contributed by atoms with van der Waals surface area (Å²) in [5.74, 6) is 0. The van der Waals surface area contributed by atoms with Gasteiger partial charge in [0.05, 0.1) is 38.4 Å². The highest BCUT2D eigenvalue weighted by atomic mass is 16.3. The molecule has 0 N–H and O–H groups in total. The maximum Gasteiger partial charge on any atom is 0.136 e. The fourth-order valence-electron chi connectivity index (χ4n) is 6.92. The minimum absolute atomic E-state index is 0.507. The monoisotopic (exact) mass is 693 g/mol. The molecule has 0 spiro atoms. The van der Waals surface area contributed by atoms with Crippen LogP contribution in [-0.2, 0) is 5.41 Å². The third kappa shape index (κ3) is 4.11. The second-order valence-corrected chi connectivity index (χ2v) is 12.1. The maximum absolute atomic E-state index is 10.2. The molecule has 11 rings (SSSR count). The zero-order valence-electron chi connectivity index (χ0n) is 57.4. The molecule has 1 unspecified atom stereocenters. The molecule has 0 fully saturated rings. The van der Waals surface area contributed by atoms with Crippen molar-refractivity contribution >= 4 is 54.3 Å². The van der Waals surface area contributed by atoms with Crippen molar-refractivity contribution in [2.24, 2.45) is 0 Å². The Morgan fingerprint density at radius 1 is 0.442 bits per heavy atom. The quantitative estimate of drug-likeness (QED) is 0.168. The summed E-state index contributed by atoms with van der Waals surface area (Å²) in [6.07, 6.45) is 0. The van der Waals surface area contributed by atoms with Crippen molar-refractivity contribution in [1.29, 1.82) is 0 Å². The van der Waals surface area contributed by atoms with Gasteiger partial charge in [-0.1, -0.05) is 153 Å². The highest BCUT2D eigenvalue weighted by molar-refractivity contribution is 6.26. The molecule has 1 aromatic heterocycles. The van der Waals surface area contributed by atoms with Crippen molar-refractivity contribution in [2.75, 3.05) is 0 Å². The van der Waals surface area contributed by atoms with Crippen LogP contribution in [-0.4, -0.2) is 0 Å². The van der Waals surface area contributed by atoms with E-state index in [9.17, 15) is 17.8 Å². The van der Waals surface area contributed by atoms with E-state index in [1.165, 1.54) is 0 Å². The number of hydrogen-bond acceptors (Lipinski definition) is 1. The largest absolute Gasteiger partial charge is 0.456 e. The molecule has 0 radical (unpaired) electrons. The Kier molecular flexibility index (Phi) is 2.50. The molecule has 1 atom stereocenters. The zero-order valence-corrected chi connectivity index (χ0v) is 26.4. The molecule has 1 heteroatoms. The minimum atomic E-state index is -3.49. The fourth-order valence-corrected chi connectivity index (χ4v) is 6.92. The molecule has 0 bridgehead atoms. The van der Waals surface area contributed by atoms with E-state index < -0.39 is 291 Å². The first-order valence-corrected chi connectivity index (χ1v) is 15.7. The Morgan fingerprint density at radius 2 is 1.02 bits per heavy atom. The summed E-state index contributed by atoms with van der Waals surface area (Å²) < 4.78 is 289. The topological polar surface area (TPSA) is 13.1 Å². The number of rotatable bonds is 3. The van der Waals surface area contributed by atoms with Gasteiger partial charge in [-0.25, -0.2) is 0 Å². The molecule has 10 aromatic rings. The van der Waals surface area contributed by atoms with Gasteiger partial charge < -0.3 is 4.42 Å². The Hall–Kier alpha value is -6.44. The van der Waals surface area contributed by atoms with Crippen molar-refractivity contribution in [1.82, 2.24) is 0 Å². The first-order valence-electron chi connectivity index (χ1n) is 31.2. The van der Waals surface area contributed by atoms with Gasteiger partial charge in [0.25, 0.3) is 0 Å². The number of benzene rings is 9. The summed E-state index contributed by atoms with van der Waals surface area (Å²) in [4.78, 5) is 0. The Balaban J connectivity index is 1.40. The van der Waals surface area contributed by atoms with E-state index in [1.807, 2.05) is 0 Å². The van der Waals surface area contributed by atoms with Gasteiger partial charge in [-0.2, -0.15) is 0 Å². The lowest BCUT2D eigenvalue weighted by molar-refractivity contribution is 0.661. The molecule has 1 aliphatic rings. The minimum Gasteiger partial charge on any atom is -0.456 e. The van der Waals surface area contributed by atoms with E-state index in [0.717, 1.165) is 6.92 Å². The summed E-state index contributed by atoms with van der Waals surface area (Å²) >= 11 is 0. The molecular formula is C51H34O. The van der Waals surface area contributed by atoms with Crippen LogP contribution in [0.3, 0.4) is 0 Å². The lowest BCUT2D eigenvalue weighted by Crippen LogP contribution is -2.15. The molecule has 0 saturated heterocycles. The molecule has 1 aliphatic carbocycles. The van der Waals surface area contributed by atoms with E-state index in [2.05, 4.69) is 0 Å². The Labute approximate surface area is 346 Å². The second-order valence-electron chi connectivity index (χ2n) is 12.1. The summed E-state index contributed by atoms with van der Waals surface area (Å²) in [6, 6.07) is -26.7. The van der Waals surface area contributed by atoms with Crippen LogP contribution in [0.4, 0.5) is 0 Å². The highest BCUT2D eigenvalue weighted by Gasteiger charge is 2.36. The van der Waals surface area contributed by atoms with E-state index >= 15 is 0 Å². The standard InChI is InChI=1S/C51H34O/c1-51(2)44-28-34(31-13-4-3-5-14-31)23-25-36(44)37-26-24-35(29-45(37)51)48-38-17-8-10-19-40(38)49(41-20-11-9-18-39(41)48)42-21-12-22-46-50(42)43-27-32-15-6-7-16-33(32)30-47(43)52-46/h3-30H,1-2H3/i1D3,3D,4D,5D,6D,7D,8D,9D,10D,11D,12D,13D,14D,15D,16D,17D,18D,19D,20D,21D,22D,23D,24D,25D,26D,27D,28D,29D,30D. The van der Waals surface area contributed by atoms with Crippen LogP contribution < -0.4 is 0 Å². The van der Waals surface area contributed by atoms with Crippen molar-refractivity contribution in [3.05, 3.63) is 180 Å². The van der Waals surface area contributed by atoms with Gasteiger partial charge in [-0.05, 0) is 118 Å². The lowest BCUT2D eigenvalue weighted by atomic mass is 9.80. The molecule has 1 nitrogen and oxygen atoms in total. The van der Waals surface area contributed by atoms with E-state index in [-0.39, 0.29) is 0 Å². The van der Waals surface area contributed by atoms with E-state index in [0.29, 0.717) is 0 Å². The third-order valence-electron chi connectivity index (χ3n) is 9.20. The normalized spacial score (nSPS) is 23.8. The Morgan fingerprint density at radius 3 is 1.69 bits per heavy atom. The van der Waals surface area contributed by atoms with Crippen molar-refractivity contribution in [3.8, 4) is 44.5 Å². The van der Waals surface area contributed by atoms with Gasteiger partial charge in [-0.3, -0.25) is 0 Å². The molecule has 1 heterocycles. The van der Waals surface area contributed by atoms with E-state index in [4.69, 9.17) is 29.1 Å². The predicted molar refractivity (Wildman–Crippen MR) is 220 cm³/mol. The van der Waals surface area contributed by atoms with Crippen LogP contribution in [0.15, 0.2) is 174 Å². The summed E-state index contributed by atoms with van der Waals surface area (Å²) in [5, 5.41) is -5.38. The second kappa shape index (κ2) is 10.8. The van der Waals surface area contributed by atoms with Crippen LogP contribution in [0.2, 0.25) is 0 Å².